The van der Waals surface area contributed by atoms with Crippen molar-refractivity contribution in [3.05, 3.63) is 41.5 Å². The van der Waals surface area contributed by atoms with Crippen LogP contribution in [0.2, 0.25) is 0 Å². The molecule has 4 nitrogen and oxygen atoms in total. The number of benzene rings is 2. The van der Waals surface area contributed by atoms with Gasteiger partial charge in [-0.15, -0.1) is 0 Å². The van der Waals surface area contributed by atoms with Gasteiger partial charge in [-0.3, -0.25) is 14.5 Å². The highest BCUT2D eigenvalue weighted by Gasteiger charge is 2.33. The Hall–Kier alpha value is -2.36. The zero-order chi connectivity index (χ0) is 25.8. The highest BCUT2D eigenvalue weighted by Crippen LogP contribution is 2.36. The summed E-state index contributed by atoms with van der Waals surface area (Å²) in [6, 6.07) is 10.1. The monoisotopic (exact) mass is 492 g/mol. The van der Waals surface area contributed by atoms with E-state index in [1.165, 1.54) is 87.6 Å². The summed E-state index contributed by atoms with van der Waals surface area (Å²) in [5, 5.41) is 1.91. The van der Waals surface area contributed by atoms with E-state index >= 15 is 0 Å². The molecule has 0 saturated carbocycles. The number of hydrogen-bond acceptors (Lipinski definition) is 3. The van der Waals surface area contributed by atoms with Crippen LogP contribution in [0.4, 0.5) is 5.69 Å². The van der Waals surface area contributed by atoms with Crippen LogP contribution in [0.1, 0.15) is 131 Å². The molecule has 1 aliphatic heterocycles. The fourth-order valence-corrected chi connectivity index (χ4v) is 5.44. The summed E-state index contributed by atoms with van der Waals surface area (Å²) in [6.07, 6.45) is 17.2. The molecular weight excluding hydrogens is 444 g/mol. The average Bonchev–Trinajstić information content (AvgIpc) is 2.89. The van der Waals surface area contributed by atoms with Gasteiger partial charge in [0.1, 0.15) is 0 Å². The maximum atomic E-state index is 13.3. The van der Waals surface area contributed by atoms with Crippen molar-refractivity contribution in [2.75, 3.05) is 24.5 Å². The van der Waals surface area contributed by atoms with Crippen LogP contribution >= 0.6 is 0 Å². The number of amides is 2. The third kappa shape index (κ3) is 7.11. The zero-order valence-electron chi connectivity index (χ0n) is 23.1. The minimum absolute atomic E-state index is 0.137. The van der Waals surface area contributed by atoms with Gasteiger partial charge in [0.2, 0.25) is 0 Å². The summed E-state index contributed by atoms with van der Waals surface area (Å²) in [5.74, 6) is -0.274. The van der Waals surface area contributed by atoms with Crippen LogP contribution in [0.5, 0.6) is 0 Å². The number of carbonyl (C=O) groups is 2. The number of hydrogen-bond donors (Lipinski definition) is 0. The molecule has 0 spiro atoms. The predicted octanol–water partition coefficient (Wildman–Crippen LogP) is 8.76. The molecule has 0 saturated heterocycles. The number of imide groups is 1. The molecule has 0 unspecified atom stereocenters. The Labute approximate surface area is 219 Å². The summed E-state index contributed by atoms with van der Waals surface area (Å²) >= 11 is 0. The minimum Gasteiger partial charge on any atom is -0.371 e. The Morgan fingerprint density at radius 1 is 0.611 bits per heavy atom. The highest BCUT2D eigenvalue weighted by atomic mass is 16.2. The van der Waals surface area contributed by atoms with Gasteiger partial charge in [0.25, 0.3) is 11.8 Å². The van der Waals surface area contributed by atoms with Crippen molar-refractivity contribution in [2.45, 2.75) is 111 Å². The molecule has 2 aromatic carbocycles. The summed E-state index contributed by atoms with van der Waals surface area (Å²) < 4.78 is 0. The van der Waals surface area contributed by atoms with Crippen molar-refractivity contribution in [3.8, 4) is 0 Å². The fraction of sp³-hybridized carbons (Fsp3) is 0.625. The number of carbonyl (C=O) groups excluding carboxylic acids is 2. The van der Waals surface area contributed by atoms with Gasteiger partial charge in [0.15, 0.2) is 0 Å². The molecule has 0 aromatic heterocycles. The third-order valence-corrected chi connectivity index (χ3v) is 7.61. The number of nitrogens with zero attached hydrogens (tertiary/aromatic N) is 2. The van der Waals surface area contributed by atoms with Crippen LogP contribution in [0.3, 0.4) is 0 Å². The topological polar surface area (TPSA) is 40.6 Å². The lowest BCUT2D eigenvalue weighted by Crippen LogP contribution is -2.41. The lowest BCUT2D eigenvalue weighted by molar-refractivity contribution is 0.0608. The second-order valence-electron chi connectivity index (χ2n) is 10.5. The molecule has 3 rings (SSSR count). The maximum Gasteiger partial charge on any atom is 0.261 e. The van der Waals surface area contributed by atoms with Gasteiger partial charge < -0.3 is 4.90 Å². The largest absolute Gasteiger partial charge is 0.371 e. The van der Waals surface area contributed by atoms with Crippen molar-refractivity contribution in [3.63, 3.8) is 0 Å². The van der Waals surface area contributed by atoms with Crippen molar-refractivity contribution < 1.29 is 9.59 Å². The SMILES string of the molecule is CCCCCCCCN(CCCCCCCC)c1ccc2c3c(cccc13)C(=O)N(CCCC)C2=O. The first-order valence-corrected chi connectivity index (χ1v) is 14.8. The van der Waals surface area contributed by atoms with Crippen LogP contribution in [0.25, 0.3) is 10.8 Å². The Kier molecular flexibility index (Phi) is 11.8. The molecular formula is C32H48N2O2. The molecule has 1 aliphatic rings. The number of anilines is 1. The van der Waals surface area contributed by atoms with Crippen molar-refractivity contribution in [1.29, 1.82) is 0 Å². The van der Waals surface area contributed by atoms with Crippen LogP contribution < -0.4 is 4.90 Å². The van der Waals surface area contributed by atoms with Crippen LogP contribution in [-0.2, 0) is 0 Å². The maximum absolute atomic E-state index is 13.3. The average molecular weight is 493 g/mol. The molecule has 198 valence electrons. The first-order valence-electron chi connectivity index (χ1n) is 14.8. The van der Waals surface area contributed by atoms with Gasteiger partial charge >= 0.3 is 0 Å². The Bertz CT molecular complexity index is 945. The molecule has 0 bridgehead atoms. The van der Waals surface area contributed by atoms with Gasteiger partial charge in [0.05, 0.1) is 0 Å². The summed E-state index contributed by atoms with van der Waals surface area (Å²) in [7, 11) is 0. The first kappa shape index (κ1) is 28.2. The molecule has 4 heteroatoms. The predicted molar refractivity (Wildman–Crippen MR) is 153 cm³/mol. The third-order valence-electron chi connectivity index (χ3n) is 7.61. The van der Waals surface area contributed by atoms with Gasteiger partial charge in [-0.05, 0) is 37.5 Å². The Balaban J connectivity index is 1.83. The van der Waals surface area contributed by atoms with E-state index in [-0.39, 0.29) is 11.8 Å². The van der Waals surface area contributed by atoms with Crippen LogP contribution in [0, 0.1) is 0 Å². The van der Waals surface area contributed by atoms with Gasteiger partial charge in [-0.25, -0.2) is 0 Å². The lowest BCUT2D eigenvalue weighted by atomic mass is 9.92. The molecule has 0 radical (unpaired) electrons. The molecule has 2 aromatic rings. The van der Waals surface area contributed by atoms with E-state index in [2.05, 4.69) is 37.8 Å². The van der Waals surface area contributed by atoms with E-state index in [1.54, 1.807) is 0 Å². The Morgan fingerprint density at radius 3 is 1.72 bits per heavy atom. The summed E-state index contributed by atoms with van der Waals surface area (Å²) in [5.41, 5.74) is 2.54. The van der Waals surface area contributed by atoms with E-state index in [0.29, 0.717) is 17.7 Å². The quantitative estimate of drug-likeness (QED) is 0.154. The highest BCUT2D eigenvalue weighted by molar-refractivity contribution is 6.26. The summed E-state index contributed by atoms with van der Waals surface area (Å²) in [4.78, 5) is 30.6. The van der Waals surface area contributed by atoms with E-state index in [4.69, 9.17) is 0 Å². The molecule has 0 aliphatic carbocycles. The standard InChI is InChI=1S/C32H48N2O2/c1-4-7-10-12-14-16-23-33(24-17-15-13-11-8-5-2)29-22-21-28-30-26(29)19-18-20-27(30)31(35)34(32(28)36)25-9-6-3/h18-22H,4-17,23-25H2,1-3H3. The molecule has 1 heterocycles. The second-order valence-corrected chi connectivity index (χ2v) is 10.5. The van der Waals surface area contributed by atoms with E-state index in [1.807, 2.05) is 18.2 Å². The van der Waals surface area contributed by atoms with Crippen molar-refractivity contribution in [1.82, 2.24) is 4.90 Å². The molecule has 36 heavy (non-hydrogen) atoms. The van der Waals surface area contributed by atoms with E-state index < -0.39 is 0 Å². The molecule has 0 atom stereocenters. The van der Waals surface area contributed by atoms with E-state index in [9.17, 15) is 9.59 Å². The van der Waals surface area contributed by atoms with Crippen molar-refractivity contribution >= 4 is 28.3 Å². The Morgan fingerprint density at radius 2 is 1.14 bits per heavy atom. The smallest absolute Gasteiger partial charge is 0.261 e. The molecule has 0 N–H and O–H groups in total. The number of unbranched alkanes of at least 4 members (excludes halogenated alkanes) is 11. The normalized spacial score (nSPS) is 13.1. The molecule has 2 amide bonds. The van der Waals surface area contributed by atoms with Gasteiger partial charge in [0, 0.05) is 47.2 Å². The van der Waals surface area contributed by atoms with Crippen LogP contribution in [0.15, 0.2) is 30.3 Å². The minimum atomic E-state index is -0.137. The fourth-order valence-electron chi connectivity index (χ4n) is 5.44. The van der Waals surface area contributed by atoms with Crippen LogP contribution in [-0.4, -0.2) is 36.3 Å². The summed E-state index contributed by atoms with van der Waals surface area (Å²) in [6.45, 7) is 9.17. The second kappa shape index (κ2) is 15.0. The molecule has 0 fully saturated rings. The lowest BCUT2D eigenvalue weighted by Gasteiger charge is -2.31. The first-order chi connectivity index (χ1) is 17.6. The van der Waals surface area contributed by atoms with Crippen molar-refractivity contribution in [2.24, 2.45) is 0 Å². The van der Waals surface area contributed by atoms with E-state index in [0.717, 1.165) is 36.7 Å². The zero-order valence-corrected chi connectivity index (χ0v) is 23.1. The van der Waals surface area contributed by atoms with Gasteiger partial charge in [-0.2, -0.15) is 0 Å². The van der Waals surface area contributed by atoms with Gasteiger partial charge in [-0.1, -0.05) is 104 Å². The number of rotatable bonds is 18.